The van der Waals surface area contributed by atoms with Crippen LogP contribution in [0.25, 0.3) is 0 Å². The van der Waals surface area contributed by atoms with E-state index in [9.17, 15) is 0 Å². The Morgan fingerprint density at radius 3 is 2.42 bits per heavy atom. The van der Waals surface area contributed by atoms with Gasteiger partial charge in [-0.05, 0) is 55.2 Å². The first-order chi connectivity index (χ1) is 15.7. The lowest BCUT2D eigenvalue weighted by atomic mass is 10.0. The van der Waals surface area contributed by atoms with Crippen molar-refractivity contribution < 1.29 is 9.16 Å². The van der Waals surface area contributed by atoms with E-state index < -0.39 is 8.32 Å². The first kappa shape index (κ1) is 22.1. The fraction of sp³-hybridized carbons (Fsp3) is 0.407. The molecule has 172 valence electrons. The van der Waals surface area contributed by atoms with Gasteiger partial charge in [-0.15, -0.1) is 0 Å². The molecule has 2 aliphatic rings. The third-order valence-electron chi connectivity index (χ3n) is 7.44. The van der Waals surface area contributed by atoms with Crippen molar-refractivity contribution >= 4 is 19.8 Å². The number of hydrogen-bond acceptors (Lipinski definition) is 5. The van der Waals surface area contributed by atoms with Crippen molar-refractivity contribution in [1.29, 1.82) is 0 Å². The average Bonchev–Trinajstić information content (AvgIpc) is 3.49. The quantitative estimate of drug-likeness (QED) is 0.372. The first-order valence-electron chi connectivity index (χ1n) is 11.8. The molecule has 1 aliphatic heterocycles. The van der Waals surface area contributed by atoms with Gasteiger partial charge in [0, 0.05) is 35.5 Å². The molecular weight excluding hydrogens is 426 g/mol. The molecule has 2 heterocycles. The second kappa shape index (κ2) is 7.96. The summed E-state index contributed by atoms with van der Waals surface area (Å²) >= 11 is 0. The summed E-state index contributed by atoms with van der Waals surface area (Å²) in [7, 11) is -1.86. The standard InChI is InChI=1S/C27H33N3O2Si/c1-26(2,3)33(4,5)31-18-24-28-17-23-25(29-24)30(19-27(23)14-15-27)20-10-9-13-22(16-20)32-21-11-7-6-8-12-21/h6-13,16-17H,14-15,18-19H2,1-5H3. The molecule has 3 aromatic rings. The molecule has 1 saturated carbocycles. The molecule has 5 nitrogen and oxygen atoms in total. The van der Waals surface area contributed by atoms with Gasteiger partial charge >= 0.3 is 0 Å². The fourth-order valence-corrected chi connectivity index (χ4v) is 5.04. The second-order valence-electron chi connectivity index (χ2n) is 10.9. The van der Waals surface area contributed by atoms with Gasteiger partial charge in [0.1, 0.15) is 17.3 Å². The number of fused-ring (bicyclic) bond motifs is 2. The van der Waals surface area contributed by atoms with Crippen LogP contribution in [0.5, 0.6) is 11.5 Å². The number of ether oxygens (including phenoxy) is 1. The summed E-state index contributed by atoms with van der Waals surface area (Å²) in [6.07, 6.45) is 4.43. The Morgan fingerprint density at radius 2 is 1.73 bits per heavy atom. The van der Waals surface area contributed by atoms with Gasteiger partial charge in [-0.3, -0.25) is 0 Å². The molecule has 2 aromatic carbocycles. The summed E-state index contributed by atoms with van der Waals surface area (Å²) in [6.45, 7) is 12.7. The number of aromatic nitrogens is 2. The molecule has 1 aliphatic carbocycles. The average molecular weight is 460 g/mol. The summed E-state index contributed by atoms with van der Waals surface area (Å²) in [5.41, 5.74) is 2.57. The second-order valence-corrected chi connectivity index (χ2v) is 15.7. The van der Waals surface area contributed by atoms with Crippen LogP contribution in [-0.4, -0.2) is 24.8 Å². The Labute approximate surface area is 197 Å². The number of nitrogens with zero attached hydrogens (tertiary/aromatic N) is 3. The molecule has 0 amide bonds. The Balaban J connectivity index is 1.41. The molecule has 1 spiro atoms. The zero-order valence-corrected chi connectivity index (χ0v) is 21.3. The lowest BCUT2D eigenvalue weighted by Crippen LogP contribution is -2.40. The molecule has 33 heavy (non-hydrogen) atoms. The number of rotatable bonds is 6. The smallest absolute Gasteiger partial charge is 0.192 e. The monoisotopic (exact) mass is 459 g/mol. The highest BCUT2D eigenvalue weighted by Crippen LogP contribution is 2.57. The molecule has 1 fully saturated rings. The van der Waals surface area contributed by atoms with E-state index in [0.29, 0.717) is 6.61 Å². The normalized spacial score (nSPS) is 16.7. The maximum atomic E-state index is 6.41. The minimum absolute atomic E-state index is 0.160. The Kier molecular flexibility index (Phi) is 5.33. The van der Waals surface area contributed by atoms with E-state index in [4.69, 9.17) is 19.1 Å². The van der Waals surface area contributed by atoms with E-state index in [2.05, 4.69) is 50.9 Å². The zero-order chi connectivity index (χ0) is 23.3. The van der Waals surface area contributed by atoms with E-state index in [-0.39, 0.29) is 10.5 Å². The maximum absolute atomic E-state index is 6.41. The maximum Gasteiger partial charge on any atom is 0.192 e. The molecule has 0 radical (unpaired) electrons. The van der Waals surface area contributed by atoms with Gasteiger partial charge < -0.3 is 14.1 Å². The molecule has 0 saturated heterocycles. The van der Waals surface area contributed by atoms with Gasteiger partial charge in [0.25, 0.3) is 0 Å². The summed E-state index contributed by atoms with van der Waals surface area (Å²) < 4.78 is 12.5. The van der Waals surface area contributed by atoms with Crippen LogP contribution in [0.4, 0.5) is 11.5 Å². The van der Waals surface area contributed by atoms with Crippen LogP contribution < -0.4 is 9.64 Å². The van der Waals surface area contributed by atoms with Crippen LogP contribution in [0.15, 0.2) is 60.8 Å². The van der Waals surface area contributed by atoms with Crippen LogP contribution in [0.1, 0.15) is 45.0 Å². The predicted molar refractivity (Wildman–Crippen MR) is 135 cm³/mol. The van der Waals surface area contributed by atoms with Crippen LogP contribution in [-0.2, 0) is 16.4 Å². The minimum atomic E-state index is -1.86. The van der Waals surface area contributed by atoms with E-state index in [1.54, 1.807) is 0 Å². The molecule has 6 heteroatoms. The molecule has 0 N–H and O–H groups in total. The molecule has 5 rings (SSSR count). The highest BCUT2D eigenvalue weighted by atomic mass is 28.4. The van der Waals surface area contributed by atoms with Crippen molar-refractivity contribution in [1.82, 2.24) is 9.97 Å². The van der Waals surface area contributed by atoms with Gasteiger partial charge in [0.2, 0.25) is 0 Å². The van der Waals surface area contributed by atoms with E-state index in [0.717, 1.165) is 35.4 Å². The number of para-hydroxylation sites is 1. The van der Waals surface area contributed by atoms with E-state index >= 15 is 0 Å². The Bertz CT molecular complexity index is 1150. The summed E-state index contributed by atoms with van der Waals surface area (Å²) in [4.78, 5) is 12.1. The fourth-order valence-electron chi connectivity index (χ4n) is 4.11. The lowest BCUT2D eigenvalue weighted by Gasteiger charge is -2.35. The SMILES string of the molecule is CC(C)(C)[Si](C)(C)OCc1ncc2c(n1)N(c1cccc(Oc3ccccc3)c1)CC21CC1. The molecule has 0 bridgehead atoms. The zero-order valence-electron chi connectivity index (χ0n) is 20.3. The third-order valence-corrected chi connectivity index (χ3v) is 11.9. The van der Waals surface area contributed by atoms with Crippen LogP contribution in [0.2, 0.25) is 18.1 Å². The van der Waals surface area contributed by atoms with Crippen molar-refractivity contribution in [2.45, 2.75) is 63.8 Å². The van der Waals surface area contributed by atoms with Crippen molar-refractivity contribution in [3.05, 3.63) is 72.2 Å². The first-order valence-corrected chi connectivity index (χ1v) is 14.7. The predicted octanol–water partition coefficient (Wildman–Crippen LogP) is 6.97. The molecule has 1 aromatic heterocycles. The van der Waals surface area contributed by atoms with Crippen molar-refractivity contribution in [3.8, 4) is 11.5 Å². The summed E-state index contributed by atoms with van der Waals surface area (Å²) in [5, 5.41) is 0.160. The minimum Gasteiger partial charge on any atom is -0.457 e. The highest BCUT2D eigenvalue weighted by Gasteiger charge is 2.53. The van der Waals surface area contributed by atoms with Crippen molar-refractivity contribution in [2.75, 3.05) is 11.4 Å². The Morgan fingerprint density at radius 1 is 1.00 bits per heavy atom. The summed E-state index contributed by atoms with van der Waals surface area (Å²) in [5.74, 6) is 3.45. The largest absolute Gasteiger partial charge is 0.457 e. The van der Waals surface area contributed by atoms with Gasteiger partial charge in [0.05, 0.1) is 6.61 Å². The molecule has 0 unspecified atom stereocenters. The van der Waals surface area contributed by atoms with Crippen LogP contribution in [0.3, 0.4) is 0 Å². The molecule has 0 atom stereocenters. The van der Waals surface area contributed by atoms with E-state index in [1.165, 1.54) is 18.4 Å². The number of benzene rings is 2. The third kappa shape index (κ3) is 4.29. The van der Waals surface area contributed by atoms with Crippen LogP contribution >= 0.6 is 0 Å². The topological polar surface area (TPSA) is 47.5 Å². The lowest BCUT2D eigenvalue weighted by molar-refractivity contribution is 0.267. The van der Waals surface area contributed by atoms with Gasteiger partial charge in [-0.1, -0.05) is 45.0 Å². The number of hydrogen-bond donors (Lipinski definition) is 0. The number of anilines is 2. The van der Waals surface area contributed by atoms with Crippen molar-refractivity contribution in [2.24, 2.45) is 0 Å². The molecular formula is C27H33N3O2Si. The summed E-state index contributed by atoms with van der Waals surface area (Å²) in [6, 6.07) is 18.2. The van der Waals surface area contributed by atoms with Crippen molar-refractivity contribution in [3.63, 3.8) is 0 Å². The highest BCUT2D eigenvalue weighted by molar-refractivity contribution is 6.74. The Hall–Kier alpha value is -2.70. The van der Waals surface area contributed by atoms with E-state index in [1.807, 2.05) is 48.7 Å². The van der Waals surface area contributed by atoms with Crippen LogP contribution in [0, 0.1) is 0 Å². The van der Waals surface area contributed by atoms with Gasteiger partial charge in [-0.2, -0.15) is 0 Å². The van der Waals surface area contributed by atoms with Gasteiger partial charge in [0.15, 0.2) is 14.1 Å². The van der Waals surface area contributed by atoms with Gasteiger partial charge in [-0.25, -0.2) is 9.97 Å².